The Hall–Kier alpha value is -4.04. The molecule has 0 spiro atoms. The average molecular weight is 1750 g/mol. The maximum absolute atomic E-state index is 12.8. The van der Waals surface area contributed by atoms with Crippen molar-refractivity contribution in [2.75, 3.05) is 46.2 Å². The molecule has 11 saturated heterocycles. The van der Waals surface area contributed by atoms with Crippen molar-refractivity contribution in [3.63, 3.8) is 0 Å². The maximum Gasteiger partial charge on any atom is 0.364 e. The zero-order valence-corrected chi connectivity index (χ0v) is 61.4. The van der Waals surface area contributed by atoms with Gasteiger partial charge >= 0.3 is 23.9 Å². The summed E-state index contributed by atoms with van der Waals surface area (Å²) in [6.07, 6.45) is -109. The smallest absolute Gasteiger partial charge is 0.364 e. The van der Waals surface area contributed by atoms with Crippen molar-refractivity contribution >= 4 is 23.9 Å². The molecule has 119 heavy (non-hydrogen) atoms. The van der Waals surface area contributed by atoms with Gasteiger partial charge in [-0.25, -0.2) is 19.2 Å². The Morgan fingerprint density at radius 1 is 0.286 bits per heavy atom. The van der Waals surface area contributed by atoms with Crippen LogP contribution >= 0.6 is 0 Å². The maximum atomic E-state index is 12.8. The van der Waals surface area contributed by atoms with Gasteiger partial charge in [0.2, 0.25) is 0 Å². The summed E-state index contributed by atoms with van der Waals surface area (Å²) in [6, 6.07) is 0. The van der Waals surface area contributed by atoms with Gasteiger partial charge in [0, 0.05) is 6.92 Å². The number of aliphatic hydroxyl groups is 27. The van der Waals surface area contributed by atoms with Gasteiger partial charge in [0.1, 0.15) is 226 Å². The van der Waals surface area contributed by atoms with Gasteiger partial charge in [-0.3, -0.25) is 0 Å². The number of aliphatic carboxylic acids is 4. The van der Waals surface area contributed by atoms with Crippen LogP contribution in [0.1, 0.15) is 6.92 Å². The van der Waals surface area contributed by atoms with E-state index in [-0.39, 0.29) is 0 Å². The number of hydrogen-bond acceptors (Lipinski definition) is 52. The standard InChI is InChI=1S/C63H98O56/c1-63(62(97)98)101-8-15-42(119-63)24(76)32(84)54(108-15)100-7-14-17(69)19(71)30(82)56(107-14)113-43-25(77)35(87)60(116-46(43)49(90)91)112-41-12(5-67)105-58(34(86)23(41)75)110-40-11(4-66)104-57(33(85)22(40)74)109-39-10(3-65)103-53(31(83)21(39)73)99-6-13-16(68)18(70)29(81)55(106-13)114-44-27(79)37(89)61(118-47(44)50(92)93)115-45-26(78)36(88)59(117-48(45)51(94)95)111-38-9(2-64)102-52(96)28(80)20(38)72/h9-48,52-61,64-89,96H,2-8H2,1H3,(H,90,91)(H,92,93)(H,94,95)(H,97,98)/t9-,10-,11-,12-,13-,14-,15-,16-,17+,18+,19+,20-,21-,22-,23-,24-,25-,26-,27-,28-,29-,30-,31-,32-,33-,34-,35-,36-,37-,38-,39-,40-,41-,42-,43+,44+,45+,46+,47+,48+,52-,53-,54-,55-,56-,57+,58+,59-,60-,61-,63?/m1/s1. The molecule has 11 aliphatic rings. The molecule has 51 atom stereocenters. The van der Waals surface area contributed by atoms with Crippen molar-refractivity contribution in [1.82, 2.24) is 0 Å². The van der Waals surface area contributed by atoms with E-state index in [0.29, 0.717) is 0 Å². The summed E-state index contributed by atoms with van der Waals surface area (Å²) in [7, 11) is 0. The first-order valence-electron chi connectivity index (χ1n) is 36.7. The molecule has 0 aromatic carbocycles. The minimum atomic E-state index is -2.56. The summed E-state index contributed by atoms with van der Waals surface area (Å²) in [6.45, 7) is -6.00. The number of carboxylic acids is 4. The molecule has 56 heteroatoms. The predicted molar refractivity (Wildman–Crippen MR) is 345 cm³/mol. The Balaban J connectivity index is 0.661. The highest BCUT2D eigenvalue weighted by atomic mass is 16.8. The highest BCUT2D eigenvalue weighted by Gasteiger charge is 2.63. The Bertz CT molecular complexity index is 3300. The number of carbonyl (C=O) groups is 4. The summed E-state index contributed by atoms with van der Waals surface area (Å²) >= 11 is 0. The Labute approximate surface area is 665 Å². The van der Waals surface area contributed by atoms with Crippen LogP contribution in [0.5, 0.6) is 0 Å². The zero-order valence-electron chi connectivity index (χ0n) is 61.4. The lowest BCUT2D eigenvalue weighted by Gasteiger charge is -2.49. The van der Waals surface area contributed by atoms with Crippen molar-refractivity contribution in [1.29, 1.82) is 0 Å². The molecule has 31 N–H and O–H groups in total. The van der Waals surface area contributed by atoms with Crippen LogP contribution in [0.25, 0.3) is 0 Å². The van der Waals surface area contributed by atoms with Crippen LogP contribution in [-0.2, 0) is 119 Å². The molecule has 11 rings (SSSR count). The minimum Gasteiger partial charge on any atom is -0.479 e. The normalized spacial score (nSPS) is 52.6. The molecule has 11 aliphatic heterocycles. The number of hydrogen-bond donors (Lipinski definition) is 31. The summed E-state index contributed by atoms with van der Waals surface area (Å²) in [5.41, 5.74) is 0. The fourth-order valence-corrected chi connectivity index (χ4v) is 14.9. The highest BCUT2D eigenvalue weighted by Crippen LogP contribution is 2.41. The van der Waals surface area contributed by atoms with Crippen LogP contribution in [0, 0.1) is 0 Å². The fourth-order valence-electron chi connectivity index (χ4n) is 14.9. The van der Waals surface area contributed by atoms with Crippen LogP contribution in [0.2, 0.25) is 0 Å². The first-order chi connectivity index (χ1) is 56.0. The first-order valence-corrected chi connectivity index (χ1v) is 36.7. The third kappa shape index (κ3) is 19.5. The van der Waals surface area contributed by atoms with Gasteiger partial charge < -0.3 is 258 Å². The van der Waals surface area contributed by atoms with Gasteiger partial charge in [-0.2, -0.15) is 0 Å². The Kier molecular flexibility index (Phi) is 31.7. The molecule has 686 valence electrons. The van der Waals surface area contributed by atoms with Crippen LogP contribution in [-0.4, -0.2) is 541 Å². The van der Waals surface area contributed by atoms with Crippen LogP contribution in [0.15, 0.2) is 0 Å². The van der Waals surface area contributed by atoms with E-state index >= 15 is 0 Å². The molecular formula is C63H98O56. The number of rotatable bonds is 28. The molecule has 1 unspecified atom stereocenters. The number of aliphatic hydroxyl groups excluding tert-OH is 27. The molecule has 11 heterocycles. The zero-order chi connectivity index (χ0) is 87.5. The van der Waals surface area contributed by atoms with Crippen LogP contribution in [0.4, 0.5) is 0 Å². The quantitative estimate of drug-likeness (QED) is 0.0346. The second-order valence-corrected chi connectivity index (χ2v) is 29.7. The summed E-state index contributed by atoms with van der Waals surface area (Å²) in [4.78, 5) is 49.7. The van der Waals surface area contributed by atoms with Crippen molar-refractivity contribution < 1.29 is 277 Å². The van der Waals surface area contributed by atoms with Crippen molar-refractivity contribution in [2.24, 2.45) is 0 Å². The molecule has 56 nitrogen and oxygen atoms in total. The molecule has 0 aromatic heterocycles. The molecule has 11 fully saturated rings. The van der Waals surface area contributed by atoms with Crippen molar-refractivity contribution in [2.45, 2.75) is 320 Å². The molecule has 0 amide bonds. The van der Waals surface area contributed by atoms with E-state index in [4.69, 9.17) is 99.5 Å². The van der Waals surface area contributed by atoms with E-state index in [2.05, 4.69) is 0 Å². The first kappa shape index (κ1) is 95.6. The van der Waals surface area contributed by atoms with E-state index in [0.717, 1.165) is 6.92 Å². The van der Waals surface area contributed by atoms with Gasteiger partial charge in [-0.05, 0) is 0 Å². The van der Waals surface area contributed by atoms with Gasteiger partial charge in [-0.1, -0.05) is 0 Å². The fraction of sp³-hybridized carbons (Fsp3) is 0.937. The topological polar surface area (TPSA) is 889 Å². The predicted octanol–water partition coefficient (Wildman–Crippen LogP) is -21.7. The lowest BCUT2D eigenvalue weighted by atomic mass is 9.95. The molecule has 0 bridgehead atoms. The molecule has 0 radical (unpaired) electrons. The Morgan fingerprint density at radius 2 is 0.538 bits per heavy atom. The summed E-state index contributed by atoms with van der Waals surface area (Å²) in [5, 5.41) is 335. The number of fused-ring (bicyclic) bond motifs is 1. The molecule has 0 aliphatic carbocycles. The third-order valence-electron chi connectivity index (χ3n) is 21.8. The van der Waals surface area contributed by atoms with E-state index in [1.165, 1.54) is 0 Å². The van der Waals surface area contributed by atoms with E-state index in [1.54, 1.807) is 0 Å². The molecule has 0 saturated carbocycles. The van der Waals surface area contributed by atoms with E-state index in [9.17, 15) is 177 Å². The second kappa shape index (κ2) is 39.5. The summed E-state index contributed by atoms with van der Waals surface area (Å²) in [5.74, 6) is -9.86. The van der Waals surface area contributed by atoms with Gasteiger partial charge in [0.05, 0.1) is 46.2 Å². The highest BCUT2D eigenvalue weighted by molar-refractivity contribution is 5.75. The second-order valence-electron chi connectivity index (χ2n) is 29.7. The van der Waals surface area contributed by atoms with Gasteiger partial charge in [0.25, 0.3) is 5.79 Å². The van der Waals surface area contributed by atoms with Crippen molar-refractivity contribution in [3.05, 3.63) is 0 Å². The average Bonchev–Trinajstić information content (AvgIpc) is 0.772. The molecular weight excluding hydrogens is 1650 g/mol. The lowest BCUT2D eigenvalue weighted by Crippen LogP contribution is -2.68. The largest absolute Gasteiger partial charge is 0.479 e. The Morgan fingerprint density at radius 3 is 0.857 bits per heavy atom. The lowest BCUT2D eigenvalue weighted by molar-refractivity contribution is -0.394. The van der Waals surface area contributed by atoms with Gasteiger partial charge in [0.15, 0.2) is 81.2 Å². The number of carboxylic acid groups (broad SMARTS) is 4. The monoisotopic (exact) mass is 1750 g/mol. The van der Waals surface area contributed by atoms with E-state index < -0.39 is 383 Å². The minimum absolute atomic E-state index is 0.497. The summed E-state index contributed by atoms with van der Waals surface area (Å²) < 4.78 is 115. The van der Waals surface area contributed by atoms with Crippen LogP contribution in [0.3, 0.4) is 0 Å². The SMILES string of the molecule is CC1(C(=O)O)OC[C@H]2O[C@@H](OC[C@H]3O[C@H](O[C@H]4[C@H](O)[C@@H](O)[C@H](O[C@H]5[C@H](O)[C@@H](O)[C@H](O[C@H]6[C@H](O)[C@@H](O)[C@H](O[C@H]7[C@H](O)[C@@H](O)[C@H](OC[C@H]8O[C@H](O[C@H]9[C@H](O)[C@@H](O)[C@H](O[C@H]%10[C@H](O)[C@@H](O)[C@H](O[C@H]%11[C@H](O)[C@@H](O)[C@H](O)O[C@@H]%11CO)O[C@@H]%10C(=O)O)O[C@@H]9C(=O)O)[C@H](O)[C@@H](O)[C@@H]8O)O[C@@H]7CO)O[C@@H]6CO)O[C@@H]5CO)O[C@@H]4C(=O)O)[C@H](O)[C@@H](O)[C@H]3O)[C@H](O)[C@@H](O)[C@@H]2O1. The third-order valence-corrected chi connectivity index (χ3v) is 21.8. The van der Waals surface area contributed by atoms with E-state index in [1.807, 2.05) is 0 Å². The number of ether oxygens (including phenoxy) is 21. The van der Waals surface area contributed by atoms with Crippen LogP contribution < -0.4 is 0 Å². The van der Waals surface area contributed by atoms with Gasteiger partial charge in [-0.15, -0.1) is 0 Å². The van der Waals surface area contributed by atoms with Crippen molar-refractivity contribution in [3.8, 4) is 0 Å². The molecule has 0 aromatic rings.